The van der Waals surface area contributed by atoms with Crippen molar-refractivity contribution in [3.05, 3.63) is 17.0 Å². The Bertz CT molecular complexity index is 419. The molecule has 0 radical (unpaired) electrons. The molecule has 0 amide bonds. The number of hydrogen-bond donors (Lipinski definition) is 1. The number of rotatable bonds is 5. The quantitative estimate of drug-likeness (QED) is 0.789. The molecule has 3 nitrogen and oxygen atoms in total. The lowest BCUT2D eigenvalue weighted by atomic mass is 10.1. The maximum absolute atomic E-state index is 4.53. The summed E-state index contributed by atoms with van der Waals surface area (Å²) in [6.07, 6.45) is 1.04. The van der Waals surface area contributed by atoms with E-state index in [9.17, 15) is 0 Å². The third kappa shape index (κ3) is 3.90. The van der Waals surface area contributed by atoms with Crippen molar-refractivity contribution in [1.29, 1.82) is 0 Å². The van der Waals surface area contributed by atoms with E-state index in [4.69, 9.17) is 0 Å². The summed E-state index contributed by atoms with van der Waals surface area (Å²) in [7, 11) is 0. The second-order valence-electron chi connectivity index (χ2n) is 4.59. The Morgan fingerprint density at radius 2 is 2.06 bits per heavy atom. The lowest BCUT2D eigenvalue weighted by molar-refractivity contribution is 0.588. The molecule has 0 fully saturated rings. The van der Waals surface area contributed by atoms with Crippen molar-refractivity contribution in [1.82, 2.24) is 15.1 Å². The highest BCUT2D eigenvalue weighted by atomic mass is 15.3. The number of hydrogen-bond acceptors (Lipinski definition) is 2. The average molecular weight is 233 g/mol. The van der Waals surface area contributed by atoms with E-state index in [1.165, 1.54) is 11.3 Å². The molecule has 0 atom stereocenters. The van der Waals surface area contributed by atoms with Crippen LogP contribution in [0.1, 0.15) is 37.7 Å². The molecule has 0 aliphatic heterocycles. The summed E-state index contributed by atoms with van der Waals surface area (Å²) in [5, 5.41) is 7.97. The van der Waals surface area contributed by atoms with E-state index >= 15 is 0 Å². The van der Waals surface area contributed by atoms with E-state index in [0.29, 0.717) is 12.6 Å². The summed E-state index contributed by atoms with van der Waals surface area (Å²) in [6.45, 7) is 12.1. The van der Waals surface area contributed by atoms with E-state index in [0.717, 1.165) is 18.7 Å². The third-order valence-electron chi connectivity index (χ3n) is 2.86. The van der Waals surface area contributed by atoms with Gasteiger partial charge in [0.1, 0.15) is 6.54 Å². The molecule has 0 unspecified atom stereocenters. The van der Waals surface area contributed by atoms with E-state index in [1.54, 1.807) is 0 Å². The van der Waals surface area contributed by atoms with Crippen LogP contribution >= 0.6 is 0 Å². The normalized spacial score (nSPS) is 10.5. The molecule has 1 rings (SSSR count). The van der Waals surface area contributed by atoms with Gasteiger partial charge in [-0.15, -0.1) is 5.92 Å². The Morgan fingerprint density at radius 3 is 2.65 bits per heavy atom. The van der Waals surface area contributed by atoms with Crippen LogP contribution in [0.15, 0.2) is 0 Å². The van der Waals surface area contributed by atoms with Gasteiger partial charge < -0.3 is 5.32 Å². The zero-order valence-electron chi connectivity index (χ0n) is 11.6. The summed E-state index contributed by atoms with van der Waals surface area (Å²) in [4.78, 5) is 0. The molecule has 1 N–H and O–H groups in total. The van der Waals surface area contributed by atoms with Gasteiger partial charge in [-0.1, -0.05) is 19.8 Å². The number of nitrogens with one attached hydrogen (secondary N) is 1. The molecule has 0 bridgehead atoms. The van der Waals surface area contributed by atoms with Crippen molar-refractivity contribution < 1.29 is 0 Å². The van der Waals surface area contributed by atoms with Crippen LogP contribution in [0.2, 0.25) is 0 Å². The Balaban J connectivity index is 2.70. The maximum Gasteiger partial charge on any atom is 0.102 e. The Hall–Kier alpha value is -1.27. The first-order valence-corrected chi connectivity index (χ1v) is 6.22. The van der Waals surface area contributed by atoms with Crippen LogP contribution in [0, 0.1) is 25.7 Å². The smallest absolute Gasteiger partial charge is 0.102 e. The lowest BCUT2D eigenvalue weighted by Crippen LogP contribution is -2.25. The predicted molar refractivity (Wildman–Crippen MR) is 72.0 cm³/mol. The largest absolute Gasteiger partial charge is 0.314 e. The molecule has 0 spiro atoms. The highest BCUT2D eigenvalue weighted by molar-refractivity contribution is 5.25. The van der Waals surface area contributed by atoms with Gasteiger partial charge in [-0.05, 0) is 39.3 Å². The molecule has 1 aromatic heterocycles. The molecule has 3 heteroatoms. The van der Waals surface area contributed by atoms with Crippen LogP contribution in [0.4, 0.5) is 0 Å². The minimum atomic E-state index is 0.539. The van der Waals surface area contributed by atoms with Gasteiger partial charge in [0.25, 0.3) is 0 Å². The molecule has 0 aliphatic rings. The second kappa shape index (κ2) is 6.46. The first-order chi connectivity index (χ1) is 8.06. The number of aromatic nitrogens is 2. The topological polar surface area (TPSA) is 29.9 Å². The third-order valence-corrected chi connectivity index (χ3v) is 2.86. The van der Waals surface area contributed by atoms with Gasteiger partial charge in [0.15, 0.2) is 0 Å². The van der Waals surface area contributed by atoms with Crippen LogP contribution in [-0.2, 0) is 13.0 Å². The summed E-state index contributed by atoms with van der Waals surface area (Å²) >= 11 is 0. The molecule has 0 saturated heterocycles. The zero-order valence-corrected chi connectivity index (χ0v) is 11.6. The van der Waals surface area contributed by atoms with Gasteiger partial charge >= 0.3 is 0 Å². The molecule has 0 aliphatic carbocycles. The van der Waals surface area contributed by atoms with Gasteiger partial charge in [-0.2, -0.15) is 5.10 Å². The molecule has 1 heterocycles. The van der Waals surface area contributed by atoms with Gasteiger partial charge in [0.05, 0.1) is 5.69 Å². The summed E-state index contributed by atoms with van der Waals surface area (Å²) in [5.41, 5.74) is 3.73. The van der Waals surface area contributed by atoms with Gasteiger partial charge in [-0.3, -0.25) is 4.68 Å². The molecule has 17 heavy (non-hydrogen) atoms. The maximum atomic E-state index is 4.53. The fraction of sp³-hybridized carbons (Fsp3) is 0.643. The first-order valence-electron chi connectivity index (χ1n) is 6.22. The monoisotopic (exact) mass is 233 g/mol. The highest BCUT2D eigenvalue weighted by Gasteiger charge is 2.10. The predicted octanol–water partition coefficient (Wildman–Crippen LogP) is 2.06. The zero-order chi connectivity index (χ0) is 12.8. The molecule has 0 aromatic carbocycles. The van der Waals surface area contributed by atoms with Crippen molar-refractivity contribution in [2.75, 3.05) is 6.54 Å². The van der Waals surface area contributed by atoms with Crippen LogP contribution in [0.3, 0.4) is 0 Å². The standard InChI is InChI=1S/C14H23N3/c1-6-7-10-17-13(5)14(12(4)16-17)8-9-15-11(2)3/h11,15H,8-10H2,1-5H3. The van der Waals surface area contributed by atoms with E-state index in [2.05, 4.69) is 50.0 Å². The summed E-state index contributed by atoms with van der Waals surface area (Å²) in [5.74, 6) is 5.96. The van der Waals surface area contributed by atoms with Crippen LogP contribution in [-0.4, -0.2) is 22.4 Å². The van der Waals surface area contributed by atoms with Crippen LogP contribution in [0.5, 0.6) is 0 Å². The lowest BCUT2D eigenvalue weighted by Gasteiger charge is -2.08. The van der Waals surface area contributed by atoms with Crippen molar-refractivity contribution in [3.8, 4) is 11.8 Å². The Labute approximate surface area is 105 Å². The van der Waals surface area contributed by atoms with Gasteiger partial charge in [0, 0.05) is 11.7 Å². The highest BCUT2D eigenvalue weighted by Crippen LogP contribution is 2.13. The number of nitrogens with zero attached hydrogens (tertiary/aromatic N) is 2. The van der Waals surface area contributed by atoms with Crippen molar-refractivity contribution in [2.45, 2.75) is 53.6 Å². The molecule has 94 valence electrons. The van der Waals surface area contributed by atoms with Crippen LogP contribution in [0.25, 0.3) is 0 Å². The molecule has 0 saturated carbocycles. The van der Waals surface area contributed by atoms with Gasteiger partial charge in [-0.25, -0.2) is 0 Å². The fourth-order valence-electron chi connectivity index (χ4n) is 1.89. The SMILES string of the molecule is CC#CCn1nc(C)c(CCNC(C)C)c1C. The van der Waals surface area contributed by atoms with Gasteiger partial charge in [0.2, 0.25) is 0 Å². The average Bonchev–Trinajstić information content (AvgIpc) is 2.53. The van der Waals surface area contributed by atoms with E-state index in [-0.39, 0.29) is 0 Å². The number of aryl methyl sites for hydroxylation is 1. The summed E-state index contributed by atoms with van der Waals surface area (Å²) in [6, 6.07) is 0.539. The second-order valence-corrected chi connectivity index (χ2v) is 4.59. The van der Waals surface area contributed by atoms with Crippen molar-refractivity contribution in [2.24, 2.45) is 0 Å². The van der Waals surface area contributed by atoms with Crippen molar-refractivity contribution >= 4 is 0 Å². The van der Waals surface area contributed by atoms with Crippen molar-refractivity contribution in [3.63, 3.8) is 0 Å². The minimum Gasteiger partial charge on any atom is -0.314 e. The molecular weight excluding hydrogens is 210 g/mol. The Morgan fingerprint density at radius 1 is 1.35 bits per heavy atom. The van der Waals surface area contributed by atoms with E-state index in [1.807, 2.05) is 11.6 Å². The first kappa shape index (κ1) is 13.8. The molecule has 1 aromatic rings. The summed E-state index contributed by atoms with van der Waals surface area (Å²) < 4.78 is 2.00. The van der Waals surface area contributed by atoms with E-state index < -0.39 is 0 Å². The van der Waals surface area contributed by atoms with Crippen LogP contribution < -0.4 is 5.32 Å². The molecular formula is C14H23N3. The fourth-order valence-corrected chi connectivity index (χ4v) is 1.89. The Kier molecular flexibility index (Phi) is 5.24. The minimum absolute atomic E-state index is 0.539.